The molecule has 3 fully saturated rings. The summed E-state index contributed by atoms with van der Waals surface area (Å²) in [7, 11) is 0. The Labute approximate surface area is 239 Å². The van der Waals surface area contributed by atoms with Crippen LogP contribution in [0.3, 0.4) is 0 Å². The zero-order chi connectivity index (χ0) is 29.6. The number of thioether (sulfide) groups is 1. The second kappa shape index (κ2) is 11.5. The number of ether oxygens (including phenoxy) is 1. The largest absolute Gasteiger partial charge is 0.461 e. The number of carbonyl (C=O) groups excluding carboxylic acids is 3. The van der Waals surface area contributed by atoms with Gasteiger partial charge in [0.1, 0.15) is 11.9 Å². The number of Topliss-reactive ketones (excluding diaryl/α,β-unsaturated/α-hetero) is 1. The van der Waals surface area contributed by atoms with Crippen molar-refractivity contribution in [2.75, 3.05) is 12.3 Å². The van der Waals surface area contributed by atoms with E-state index in [1.807, 2.05) is 40.7 Å². The van der Waals surface area contributed by atoms with Crippen LogP contribution in [-0.4, -0.2) is 58.1 Å². The monoisotopic (exact) mass is 564 g/mol. The van der Waals surface area contributed by atoms with Crippen LogP contribution >= 0.6 is 11.8 Å². The van der Waals surface area contributed by atoms with E-state index in [-0.39, 0.29) is 52.5 Å². The van der Waals surface area contributed by atoms with Gasteiger partial charge in [0.25, 0.3) is 0 Å². The first-order valence-electron chi connectivity index (χ1n) is 14.7. The maximum Gasteiger partial charge on any atom is 0.316 e. The van der Waals surface area contributed by atoms with Crippen LogP contribution in [-0.2, 0) is 19.1 Å². The molecule has 4 N–H and O–H groups in total. The molecule has 2 bridgehead atoms. The highest BCUT2D eigenvalue weighted by atomic mass is 32.2. The minimum atomic E-state index is -0.684. The molecule has 0 aromatic carbocycles. The molecule has 0 heterocycles. The van der Waals surface area contributed by atoms with E-state index in [0.717, 1.165) is 19.3 Å². The van der Waals surface area contributed by atoms with E-state index >= 15 is 0 Å². The first kappa shape index (κ1) is 32.1. The average molecular weight is 565 g/mol. The lowest BCUT2D eigenvalue weighted by Crippen LogP contribution is -2.63. The van der Waals surface area contributed by atoms with Crippen LogP contribution in [0.4, 0.5) is 0 Å². The molecule has 0 aromatic heterocycles. The van der Waals surface area contributed by atoms with Crippen molar-refractivity contribution in [2.24, 2.45) is 45.7 Å². The van der Waals surface area contributed by atoms with Gasteiger partial charge in [-0.15, -0.1) is 18.3 Å². The summed E-state index contributed by atoms with van der Waals surface area (Å²) in [5.41, 5.74) is 4.49. The van der Waals surface area contributed by atoms with Gasteiger partial charge in [-0.3, -0.25) is 14.4 Å². The van der Waals surface area contributed by atoms with Gasteiger partial charge in [-0.25, -0.2) is 0 Å². The SMILES string of the molecule is C=C[C@]1(C)C[C@@H](OC(=O)CSC(C)(C)CNC(=O)C(N)C(C)C)[C@]2(C)C(C)CC[C@]3(CCC(=O)[C@H]32)[C@@H](C)[C@@H]1O. The minimum Gasteiger partial charge on any atom is -0.461 e. The van der Waals surface area contributed by atoms with Crippen LogP contribution in [0.15, 0.2) is 12.7 Å². The molecular formula is C31H52N2O5S. The first-order valence-corrected chi connectivity index (χ1v) is 15.6. The van der Waals surface area contributed by atoms with E-state index in [1.165, 1.54) is 11.8 Å². The van der Waals surface area contributed by atoms with Gasteiger partial charge in [0.15, 0.2) is 0 Å². The predicted octanol–water partition coefficient (Wildman–Crippen LogP) is 4.50. The van der Waals surface area contributed by atoms with Crippen LogP contribution in [0.5, 0.6) is 0 Å². The van der Waals surface area contributed by atoms with E-state index in [9.17, 15) is 19.5 Å². The standard InChI is InChI=1S/C31H52N2O5S/c1-10-29(8)15-22(38-23(35)16-39-28(6,7)17-33-27(37)24(32)18(2)3)30(9)19(4)11-13-31(20(5)26(29)36)14-12-21(34)25(30)31/h10,18-20,22,24-26,36H,1,11-17,32H2,2-9H3,(H,33,37)/t19?,20-,22+,24?,25-,26-,29+,30-,31-/m0/s1. The summed E-state index contributed by atoms with van der Waals surface area (Å²) in [5, 5.41) is 14.6. The summed E-state index contributed by atoms with van der Waals surface area (Å²) in [5.74, 6) is -0.243. The lowest BCUT2D eigenvalue weighted by Gasteiger charge is -2.61. The number of amides is 1. The van der Waals surface area contributed by atoms with Gasteiger partial charge in [-0.2, -0.15) is 0 Å². The number of esters is 1. The number of nitrogens with one attached hydrogen (secondary N) is 1. The van der Waals surface area contributed by atoms with Gasteiger partial charge in [0.2, 0.25) is 5.91 Å². The molecule has 3 saturated carbocycles. The highest BCUT2D eigenvalue weighted by Gasteiger charge is 2.68. The minimum absolute atomic E-state index is 0.0382. The third-order valence-electron chi connectivity index (χ3n) is 10.9. The molecule has 0 aliphatic heterocycles. The smallest absolute Gasteiger partial charge is 0.316 e. The highest BCUT2D eigenvalue weighted by molar-refractivity contribution is 8.01. The average Bonchev–Trinajstić information content (AvgIpc) is 3.24. The highest BCUT2D eigenvalue weighted by Crippen LogP contribution is 2.68. The maximum absolute atomic E-state index is 13.5. The number of rotatable bonds is 9. The summed E-state index contributed by atoms with van der Waals surface area (Å²) in [4.78, 5) is 39.2. The summed E-state index contributed by atoms with van der Waals surface area (Å²) >= 11 is 1.43. The van der Waals surface area contributed by atoms with Crippen LogP contribution in [0, 0.1) is 39.9 Å². The molecular weight excluding hydrogens is 512 g/mol. The molecule has 0 saturated heterocycles. The lowest BCUT2D eigenvalue weighted by molar-refractivity contribution is -0.205. The molecule has 7 nitrogen and oxygen atoms in total. The van der Waals surface area contributed by atoms with Crippen molar-refractivity contribution in [3.63, 3.8) is 0 Å². The summed E-state index contributed by atoms with van der Waals surface area (Å²) in [6, 6.07) is -0.573. The van der Waals surface area contributed by atoms with E-state index in [1.54, 1.807) is 0 Å². The first-order chi connectivity index (χ1) is 17.9. The Morgan fingerprint density at radius 3 is 2.51 bits per heavy atom. The van der Waals surface area contributed by atoms with E-state index in [2.05, 4.69) is 32.7 Å². The van der Waals surface area contributed by atoms with Crippen LogP contribution in [0.25, 0.3) is 0 Å². The predicted molar refractivity (Wildman–Crippen MR) is 157 cm³/mol. The molecule has 9 atom stereocenters. The number of aliphatic hydroxyl groups is 1. The molecule has 3 aliphatic rings. The Morgan fingerprint density at radius 1 is 1.28 bits per heavy atom. The van der Waals surface area contributed by atoms with E-state index in [0.29, 0.717) is 19.4 Å². The Kier molecular flexibility index (Phi) is 9.46. The number of nitrogens with two attached hydrogens (primary N) is 1. The summed E-state index contributed by atoms with van der Waals surface area (Å²) in [6.07, 6.45) is 4.17. The fourth-order valence-corrected chi connectivity index (χ4v) is 8.47. The molecule has 3 rings (SSSR count). The van der Waals surface area contributed by atoms with Gasteiger partial charge < -0.3 is 20.9 Å². The van der Waals surface area contributed by atoms with Crippen LogP contribution in [0.1, 0.15) is 87.5 Å². The number of aliphatic hydroxyl groups excluding tert-OH is 1. The number of hydrogen-bond acceptors (Lipinski definition) is 7. The Morgan fingerprint density at radius 2 is 1.92 bits per heavy atom. The fraction of sp³-hybridized carbons (Fsp3) is 0.839. The van der Waals surface area contributed by atoms with Gasteiger partial charge in [-0.1, -0.05) is 47.6 Å². The lowest BCUT2D eigenvalue weighted by atomic mass is 9.44. The van der Waals surface area contributed by atoms with Gasteiger partial charge in [0.05, 0.1) is 17.9 Å². The number of carbonyl (C=O) groups is 3. The van der Waals surface area contributed by atoms with Gasteiger partial charge >= 0.3 is 5.97 Å². The van der Waals surface area contributed by atoms with Crippen molar-refractivity contribution in [3.8, 4) is 0 Å². The third-order valence-corrected chi connectivity index (χ3v) is 12.2. The number of ketones is 1. The van der Waals surface area contributed by atoms with Crippen molar-refractivity contribution >= 4 is 29.4 Å². The van der Waals surface area contributed by atoms with E-state index in [4.69, 9.17) is 10.5 Å². The summed E-state index contributed by atoms with van der Waals surface area (Å²) in [6.45, 7) is 20.7. The third kappa shape index (κ3) is 5.85. The van der Waals surface area contributed by atoms with Crippen molar-refractivity contribution in [1.82, 2.24) is 5.32 Å². The van der Waals surface area contributed by atoms with Crippen LogP contribution in [0.2, 0.25) is 0 Å². The Bertz CT molecular complexity index is 969. The molecule has 8 heteroatoms. The summed E-state index contributed by atoms with van der Waals surface area (Å²) < 4.78 is 5.92. The Hall–Kier alpha value is -1.38. The second-order valence-corrected chi connectivity index (χ2v) is 15.8. The number of hydrogen-bond donors (Lipinski definition) is 3. The normalized spacial score (nSPS) is 39.4. The van der Waals surface area contributed by atoms with Crippen molar-refractivity contribution in [3.05, 3.63) is 12.7 Å². The second-order valence-electron chi connectivity index (χ2n) is 14.1. The van der Waals surface area contributed by atoms with Gasteiger partial charge in [0, 0.05) is 34.5 Å². The molecule has 0 spiro atoms. The molecule has 0 aromatic rings. The molecule has 39 heavy (non-hydrogen) atoms. The molecule has 2 unspecified atom stereocenters. The zero-order valence-electron chi connectivity index (χ0n) is 25.3. The Balaban J connectivity index is 1.82. The van der Waals surface area contributed by atoms with E-state index < -0.39 is 33.8 Å². The van der Waals surface area contributed by atoms with Crippen LogP contribution < -0.4 is 11.1 Å². The molecule has 222 valence electrons. The fourth-order valence-electron chi connectivity index (χ4n) is 7.72. The molecule has 0 radical (unpaired) electrons. The quantitative estimate of drug-likeness (QED) is 0.279. The zero-order valence-corrected chi connectivity index (χ0v) is 26.2. The van der Waals surface area contributed by atoms with Crippen molar-refractivity contribution in [1.29, 1.82) is 0 Å². The topological polar surface area (TPSA) is 119 Å². The molecule has 1 amide bonds. The maximum atomic E-state index is 13.5. The molecule has 3 aliphatic carbocycles. The van der Waals surface area contributed by atoms with Gasteiger partial charge in [-0.05, 0) is 62.7 Å². The van der Waals surface area contributed by atoms with Crippen molar-refractivity contribution in [2.45, 2.75) is 110 Å². The van der Waals surface area contributed by atoms with Crippen molar-refractivity contribution < 1.29 is 24.2 Å².